The first kappa shape index (κ1) is 12.9. The number of ether oxygens (including phenoxy) is 1. The minimum Gasteiger partial charge on any atom is -0.482 e. The van der Waals surface area contributed by atoms with Crippen LogP contribution >= 0.6 is 23.2 Å². The molecule has 0 spiro atoms. The number of rotatable bonds is 5. The fourth-order valence-corrected chi connectivity index (χ4v) is 1.30. The Balaban J connectivity index is 2.50. The van der Waals surface area contributed by atoms with Crippen molar-refractivity contribution in [2.45, 2.75) is 0 Å². The molecule has 0 heterocycles. The number of carbonyl (C=O) groups excluding carboxylic acids is 1. The molecule has 0 fully saturated rings. The molecule has 1 N–H and O–H groups in total. The Hall–Kier alpha value is -1.19. The first-order chi connectivity index (χ1) is 7.63. The normalized spacial score (nSPS) is 9.62. The van der Waals surface area contributed by atoms with Gasteiger partial charge in [-0.3, -0.25) is 4.79 Å². The van der Waals surface area contributed by atoms with E-state index in [2.05, 4.69) is 11.9 Å². The maximum atomic E-state index is 11.2. The molecule has 0 saturated carbocycles. The second-order valence-corrected chi connectivity index (χ2v) is 3.80. The van der Waals surface area contributed by atoms with Gasteiger partial charge in [-0.15, -0.1) is 6.58 Å². The molecule has 5 heteroatoms. The topological polar surface area (TPSA) is 38.3 Å². The summed E-state index contributed by atoms with van der Waals surface area (Å²) in [7, 11) is 0. The summed E-state index contributed by atoms with van der Waals surface area (Å²) in [6.45, 7) is 3.79. The Morgan fingerprint density at radius 3 is 2.94 bits per heavy atom. The van der Waals surface area contributed by atoms with Crippen LogP contribution in [-0.2, 0) is 4.79 Å². The Morgan fingerprint density at radius 2 is 2.25 bits per heavy atom. The van der Waals surface area contributed by atoms with E-state index in [1.165, 1.54) is 0 Å². The lowest BCUT2D eigenvalue weighted by molar-refractivity contribution is -0.122. The number of halogens is 2. The van der Waals surface area contributed by atoms with Crippen molar-refractivity contribution in [3.63, 3.8) is 0 Å². The standard InChI is InChI=1S/C11H11Cl2NO2/c1-2-5-14-11(15)7-16-10-6-8(12)3-4-9(10)13/h2-4,6H,1,5,7H2,(H,14,15). The van der Waals surface area contributed by atoms with E-state index in [0.717, 1.165) is 0 Å². The van der Waals surface area contributed by atoms with Crippen LogP contribution < -0.4 is 10.1 Å². The molecule has 1 aromatic carbocycles. The summed E-state index contributed by atoms with van der Waals surface area (Å²) in [5.74, 6) is 0.152. The van der Waals surface area contributed by atoms with Gasteiger partial charge in [0.2, 0.25) is 0 Å². The summed E-state index contributed by atoms with van der Waals surface area (Å²) < 4.78 is 5.21. The van der Waals surface area contributed by atoms with E-state index in [9.17, 15) is 4.79 Å². The number of carbonyl (C=O) groups is 1. The van der Waals surface area contributed by atoms with Crippen molar-refractivity contribution in [1.82, 2.24) is 5.32 Å². The lowest BCUT2D eigenvalue weighted by Gasteiger charge is -2.07. The van der Waals surface area contributed by atoms with Gasteiger partial charge in [0.15, 0.2) is 6.61 Å². The molecule has 0 bridgehead atoms. The number of hydrogen-bond acceptors (Lipinski definition) is 2. The zero-order valence-corrected chi connectivity index (χ0v) is 10.0. The van der Waals surface area contributed by atoms with E-state index in [1.807, 2.05) is 0 Å². The quantitative estimate of drug-likeness (QED) is 0.826. The second-order valence-electron chi connectivity index (χ2n) is 2.96. The van der Waals surface area contributed by atoms with Crippen LogP contribution in [0.25, 0.3) is 0 Å². The van der Waals surface area contributed by atoms with E-state index in [1.54, 1.807) is 24.3 Å². The van der Waals surface area contributed by atoms with Crippen molar-refractivity contribution >= 4 is 29.1 Å². The van der Waals surface area contributed by atoms with Crippen molar-refractivity contribution in [2.75, 3.05) is 13.2 Å². The van der Waals surface area contributed by atoms with Crippen LogP contribution in [0.5, 0.6) is 5.75 Å². The molecule has 1 aromatic rings. The van der Waals surface area contributed by atoms with Crippen LogP contribution in [0.4, 0.5) is 0 Å². The van der Waals surface area contributed by atoms with E-state index in [0.29, 0.717) is 22.3 Å². The molecule has 3 nitrogen and oxygen atoms in total. The molecule has 1 amide bonds. The van der Waals surface area contributed by atoms with E-state index in [-0.39, 0.29) is 12.5 Å². The van der Waals surface area contributed by atoms with Crippen molar-refractivity contribution in [1.29, 1.82) is 0 Å². The molecule has 0 saturated heterocycles. The predicted molar refractivity (Wildman–Crippen MR) is 65.2 cm³/mol. The van der Waals surface area contributed by atoms with Crippen LogP contribution in [0.15, 0.2) is 30.9 Å². The van der Waals surface area contributed by atoms with Gasteiger partial charge in [-0.1, -0.05) is 29.3 Å². The van der Waals surface area contributed by atoms with E-state index < -0.39 is 0 Å². The lowest BCUT2D eigenvalue weighted by Crippen LogP contribution is -2.28. The third kappa shape index (κ3) is 4.13. The van der Waals surface area contributed by atoms with Crippen molar-refractivity contribution in [3.8, 4) is 5.75 Å². The number of nitrogens with one attached hydrogen (secondary N) is 1. The van der Waals surface area contributed by atoms with E-state index >= 15 is 0 Å². The smallest absolute Gasteiger partial charge is 0.258 e. The summed E-state index contributed by atoms with van der Waals surface area (Å²) in [6.07, 6.45) is 1.59. The predicted octanol–water partition coefficient (Wildman–Crippen LogP) is 2.67. The zero-order chi connectivity index (χ0) is 12.0. The molecule has 0 aromatic heterocycles. The largest absolute Gasteiger partial charge is 0.482 e. The molecular formula is C11H11Cl2NO2. The molecule has 0 atom stereocenters. The number of amides is 1. The fourth-order valence-electron chi connectivity index (χ4n) is 0.968. The lowest BCUT2D eigenvalue weighted by atomic mass is 10.3. The average molecular weight is 260 g/mol. The Morgan fingerprint density at radius 1 is 1.50 bits per heavy atom. The van der Waals surface area contributed by atoms with Gasteiger partial charge < -0.3 is 10.1 Å². The molecule has 0 aliphatic carbocycles. The molecule has 0 radical (unpaired) electrons. The minimum atomic E-state index is -0.240. The molecule has 16 heavy (non-hydrogen) atoms. The SMILES string of the molecule is C=CCNC(=O)COc1cc(Cl)ccc1Cl. The average Bonchev–Trinajstić information content (AvgIpc) is 2.27. The molecule has 0 aliphatic heterocycles. The highest BCUT2D eigenvalue weighted by Crippen LogP contribution is 2.27. The fraction of sp³-hybridized carbons (Fsp3) is 0.182. The summed E-state index contributed by atoms with van der Waals surface area (Å²) in [5.41, 5.74) is 0. The van der Waals surface area contributed by atoms with E-state index in [4.69, 9.17) is 27.9 Å². The maximum Gasteiger partial charge on any atom is 0.258 e. The summed E-state index contributed by atoms with van der Waals surface area (Å²) in [6, 6.07) is 4.82. The number of hydrogen-bond donors (Lipinski definition) is 1. The summed E-state index contributed by atoms with van der Waals surface area (Å²) in [4.78, 5) is 11.2. The van der Waals surface area contributed by atoms with Crippen LogP contribution in [-0.4, -0.2) is 19.1 Å². The summed E-state index contributed by atoms with van der Waals surface area (Å²) >= 11 is 11.6. The minimum absolute atomic E-state index is 0.103. The third-order valence-electron chi connectivity index (χ3n) is 1.70. The van der Waals surface area contributed by atoms with Crippen LogP contribution in [0.2, 0.25) is 10.0 Å². The van der Waals surface area contributed by atoms with Gasteiger partial charge in [-0.25, -0.2) is 0 Å². The molecular weight excluding hydrogens is 249 g/mol. The van der Waals surface area contributed by atoms with Gasteiger partial charge in [0.05, 0.1) is 5.02 Å². The molecule has 0 aliphatic rings. The Labute approximate surface area is 104 Å². The summed E-state index contributed by atoms with van der Waals surface area (Å²) in [5, 5.41) is 3.50. The van der Waals surface area contributed by atoms with Gasteiger partial charge >= 0.3 is 0 Å². The first-order valence-electron chi connectivity index (χ1n) is 4.59. The highest BCUT2D eigenvalue weighted by atomic mass is 35.5. The van der Waals surface area contributed by atoms with Gasteiger partial charge in [-0.05, 0) is 12.1 Å². The van der Waals surface area contributed by atoms with Crippen molar-refractivity contribution in [2.24, 2.45) is 0 Å². The molecule has 86 valence electrons. The molecule has 1 rings (SSSR count). The van der Waals surface area contributed by atoms with Crippen LogP contribution in [0.3, 0.4) is 0 Å². The zero-order valence-electron chi connectivity index (χ0n) is 8.50. The Kier molecular flexibility index (Phi) is 5.15. The van der Waals surface area contributed by atoms with Gasteiger partial charge in [0.1, 0.15) is 5.75 Å². The molecule has 0 unspecified atom stereocenters. The Bertz CT molecular complexity index is 394. The second kappa shape index (κ2) is 6.40. The third-order valence-corrected chi connectivity index (χ3v) is 2.24. The highest BCUT2D eigenvalue weighted by Gasteiger charge is 2.05. The highest BCUT2D eigenvalue weighted by molar-refractivity contribution is 6.34. The van der Waals surface area contributed by atoms with Crippen molar-refractivity contribution < 1.29 is 9.53 Å². The van der Waals surface area contributed by atoms with Gasteiger partial charge in [0, 0.05) is 17.6 Å². The van der Waals surface area contributed by atoms with Gasteiger partial charge in [0.25, 0.3) is 5.91 Å². The monoisotopic (exact) mass is 259 g/mol. The van der Waals surface area contributed by atoms with Gasteiger partial charge in [-0.2, -0.15) is 0 Å². The maximum absolute atomic E-state index is 11.2. The van der Waals surface area contributed by atoms with Crippen LogP contribution in [0, 0.1) is 0 Å². The van der Waals surface area contributed by atoms with Crippen LogP contribution in [0.1, 0.15) is 0 Å². The first-order valence-corrected chi connectivity index (χ1v) is 5.34. The van der Waals surface area contributed by atoms with Crippen molar-refractivity contribution in [3.05, 3.63) is 40.9 Å². The number of benzene rings is 1.